The van der Waals surface area contributed by atoms with E-state index in [0.29, 0.717) is 43.1 Å². The summed E-state index contributed by atoms with van der Waals surface area (Å²) in [6.45, 7) is 5.34. The molecule has 0 aliphatic carbocycles. The van der Waals surface area contributed by atoms with Crippen LogP contribution in [-0.2, 0) is 9.47 Å². The van der Waals surface area contributed by atoms with Crippen molar-refractivity contribution in [1.82, 2.24) is 9.97 Å². The molecule has 0 aliphatic heterocycles. The van der Waals surface area contributed by atoms with Gasteiger partial charge in [-0.25, -0.2) is 4.98 Å². The number of hydrogen-bond donors (Lipinski definition) is 1. The van der Waals surface area contributed by atoms with Gasteiger partial charge in [-0.2, -0.15) is 4.98 Å². The zero-order valence-electron chi connectivity index (χ0n) is 11.6. The summed E-state index contributed by atoms with van der Waals surface area (Å²) in [7, 11) is 3.33. The first-order chi connectivity index (χ1) is 9.22. The van der Waals surface area contributed by atoms with E-state index in [1.165, 1.54) is 0 Å². The summed E-state index contributed by atoms with van der Waals surface area (Å²) in [4.78, 5) is 10.6. The lowest BCUT2D eigenvalue weighted by atomic mass is 10.4. The van der Waals surface area contributed by atoms with Gasteiger partial charge in [0.1, 0.15) is 5.02 Å². The number of halogens is 1. The first-order valence-corrected chi connectivity index (χ1v) is 6.60. The maximum Gasteiger partial charge on any atom is 0.224 e. The van der Waals surface area contributed by atoms with Gasteiger partial charge in [0.2, 0.25) is 5.95 Å². The van der Waals surface area contributed by atoms with Crippen LogP contribution >= 0.6 is 11.6 Å². The molecule has 1 N–H and O–H groups in total. The highest BCUT2D eigenvalue weighted by Crippen LogP contribution is 2.23. The Morgan fingerprint density at radius 2 is 1.89 bits per heavy atom. The van der Waals surface area contributed by atoms with E-state index in [9.17, 15) is 0 Å². The number of anilines is 2. The van der Waals surface area contributed by atoms with Crippen LogP contribution in [0.25, 0.3) is 0 Å². The van der Waals surface area contributed by atoms with Crippen LogP contribution in [-0.4, -0.2) is 57.0 Å². The third-order valence-electron chi connectivity index (χ3n) is 2.49. The van der Waals surface area contributed by atoms with Gasteiger partial charge in [-0.05, 0) is 6.92 Å². The number of nitrogens with one attached hydrogen (secondary N) is 1. The van der Waals surface area contributed by atoms with E-state index in [2.05, 4.69) is 15.3 Å². The number of ether oxygens (including phenoxy) is 2. The van der Waals surface area contributed by atoms with Gasteiger partial charge in [-0.1, -0.05) is 11.6 Å². The molecule has 1 aromatic heterocycles. The summed E-state index contributed by atoms with van der Waals surface area (Å²) in [5.41, 5.74) is 0. The van der Waals surface area contributed by atoms with Crippen molar-refractivity contribution in [2.45, 2.75) is 6.92 Å². The van der Waals surface area contributed by atoms with Crippen LogP contribution in [0, 0.1) is 0 Å². The topological polar surface area (TPSA) is 59.5 Å². The van der Waals surface area contributed by atoms with Gasteiger partial charge in [-0.15, -0.1) is 0 Å². The average Bonchev–Trinajstić information content (AvgIpc) is 2.42. The molecule has 1 rings (SSSR count). The lowest BCUT2D eigenvalue weighted by Crippen LogP contribution is -2.32. The maximum atomic E-state index is 6.17. The molecule has 0 fully saturated rings. The number of nitrogens with zero attached hydrogens (tertiary/aromatic N) is 3. The van der Waals surface area contributed by atoms with E-state index in [0.717, 1.165) is 6.54 Å². The minimum absolute atomic E-state index is 0.522. The fraction of sp³-hybridized carbons (Fsp3) is 0.667. The molecule has 0 radical (unpaired) electrons. The Kier molecular flexibility index (Phi) is 7.47. The summed E-state index contributed by atoms with van der Waals surface area (Å²) in [6.07, 6.45) is 1.61. The summed E-state index contributed by atoms with van der Waals surface area (Å²) < 4.78 is 10.2. The molecule has 0 unspecified atom stereocenters. The lowest BCUT2D eigenvalue weighted by molar-refractivity contribution is 0.190. The normalized spacial score (nSPS) is 10.5. The molecule has 0 atom stereocenters. The monoisotopic (exact) mass is 288 g/mol. The van der Waals surface area contributed by atoms with Crippen molar-refractivity contribution in [3.63, 3.8) is 0 Å². The highest BCUT2D eigenvalue weighted by atomic mass is 35.5. The molecule has 0 aromatic carbocycles. The Morgan fingerprint density at radius 3 is 2.42 bits per heavy atom. The Labute approximate surface area is 119 Å². The Morgan fingerprint density at radius 1 is 1.26 bits per heavy atom. The zero-order chi connectivity index (χ0) is 14.1. The van der Waals surface area contributed by atoms with Crippen molar-refractivity contribution in [1.29, 1.82) is 0 Å². The van der Waals surface area contributed by atoms with Gasteiger partial charge in [-0.3, -0.25) is 0 Å². The van der Waals surface area contributed by atoms with Crippen LogP contribution in [0.3, 0.4) is 0 Å². The van der Waals surface area contributed by atoms with E-state index in [4.69, 9.17) is 21.1 Å². The second kappa shape index (κ2) is 8.90. The number of rotatable bonds is 9. The van der Waals surface area contributed by atoms with E-state index >= 15 is 0 Å². The molecule has 19 heavy (non-hydrogen) atoms. The van der Waals surface area contributed by atoms with E-state index in [1.54, 1.807) is 20.4 Å². The van der Waals surface area contributed by atoms with Gasteiger partial charge in [0, 0.05) is 33.9 Å². The smallest absolute Gasteiger partial charge is 0.224 e. The first-order valence-electron chi connectivity index (χ1n) is 6.22. The molecule has 0 amide bonds. The molecule has 0 spiro atoms. The van der Waals surface area contributed by atoms with E-state index in [-0.39, 0.29) is 0 Å². The van der Waals surface area contributed by atoms with Crippen LogP contribution in [0.4, 0.5) is 11.8 Å². The highest BCUT2D eigenvalue weighted by molar-refractivity contribution is 6.32. The molecule has 0 saturated carbocycles. The van der Waals surface area contributed by atoms with Gasteiger partial charge < -0.3 is 19.7 Å². The van der Waals surface area contributed by atoms with Crippen molar-refractivity contribution in [3.05, 3.63) is 11.2 Å². The van der Waals surface area contributed by atoms with Gasteiger partial charge in [0.15, 0.2) is 5.82 Å². The molecule has 0 aliphatic rings. The van der Waals surface area contributed by atoms with Crippen LogP contribution in [0.1, 0.15) is 6.92 Å². The van der Waals surface area contributed by atoms with Crippen LogP contribution in [0.15, 0.2) is 6.20 Å². The van der Waals surface area contributed by atoms with Crippen molar-refractivity contribution in [3.8, 4) is 0 Å². The van der Waals surface area contributed by atoms with Gasteiger partial charge in [0.25, 0.3) is 0 Å². The Hall–Kier alpha value is -1.11. The maximum absolute atomic E-state index is 6.17. The molecule has 6 nitrogen and oxygen atoms in total. The Balaban J connectivity index is 2.87. The van der Waals surface area contributed by atoms with Crippen molar-refractivity contribution >= 4 is 23.4 Å². The number of aromatic nitrogens is 2. The van der Waals surface area contributed by atoms with Crippen LogP contribution in [0.5, 0.6) is 0 Å². The molecular formula is C12H21ClN4O2. The molecule has 108 valence electrons. The van der Waals surface area contributed by atoms with Crippen molar-refractivity contribution in [2.75, 3.05) is 57.3 Å². The standard InChI is InChI=1S/C12H21ClN4O2/c1-4-14-12-15-9-10(13)11(16-12)17(5-7-18-2)6-8-19-3/h9H,4-8H2,1-3H3,(H,14,15,16). The largest absolute Gasteiger partial charge is 0.383 e. The first kappa shape index (κ1) is 15.9. The van der Waals surface area contributed by atoms with Gasteiger partial charge in [0.05, 0.1) is 19.4 Å². The molecule has 0 saturated heterocycles. The minimum atomic E-state index is 0.522. The van der Waals surface area contributed by atoms with Gasteiger partial charge >= 0.3 is 0 Å². The summed E-state index contributed by atoms with van der Waals surface area (Å²) in [5, 5.41) is 3.59. The predicted octanol–water partition coefficient (Wildman–Crippen LogP) is 1.66. The third-order valence-corrected chi connectivity index (χ3v) is 2.76. The van der Waals surface area contributed by atoms with Crippen LogP contribution in [0.2, 0.25) is 5.02 Å². The van der Waals surface area contributed by atoms with Crippen molar-refractivity contribution < 1.29 is 9.47 Å². The SMILES string of the molecule is CCNc1ncc(Cl)c(N(CCOC)CCOC)n1. The quantitative estimate of drug-likeness (QED) is 0.746. The molecule has 7 heteroatoms. The van der Waals surface area contributed by atoms with E-state index < -0.39 is 0 Å². The van der Waals surface area contributed by atoms with E-state index in [1.807, 2.05) is 11.8 Å². The highest BCUT2D eigenvalue weighted by Gasteiger charge is 2.13. The molecule has 1 aromatic rings. The summed E-state index contributed by atoms with van der Waals surface area (Å²) in [6, 6.07) is 0. The lowest BCUT2D eigenvalue weighted by Gasteiger charge is -2.24. The number of hydrogen-bond acceptors (Lipinski definition) is 6. The molecule has 0 bridgehead atoms. The second-order valence-corrected chi connectivity index (χ2v) is 4.28. The Bertz CT molecular complexity index is 371. The number of methoxy groups -OCH3 is 2. The van der Waals surface area contributed by atoms with Crippen LogP contribution < -0.4 is 10.2 Å². The molecular weight excluding hydrogens is 268 g/mol. The zero-order valence-corrected chi connectivity index (χ0v) is 12.4. The fourth-order valence-corrected chi connectivity index (χ4v) is 1.76. The molecule has 1 heterocycles. The fourth-order valence-electron chi connectivity index (χ4n) is 1.55. The summed E-state index contributed by atoms with van der Waals surface area (Å²) in [5.74, 6) is 1.27. The third kappa shape index (κ3) is 5.18. The minimum Gasteiger partial charge on any atom is -0.383 e. The summed E-state index contributed by atoms with van der Waals surface area (Å²) >= 11 is 6.17. The second-order valence-electron chi connectivity index (χ2n) is 3.87. The van der Waals surface area contributed by atoms with Crippen molar-refractivity contribution in [2.24, 2.45) is 0 Å². The average molecular weight is 289 g/mol. The predicted molar refractivity (Wildman–Crippen MR) is 77.2 cm³/mol.